The van der Waals surface area contributed by atoms with Crippen molar-refractivity contribution in [3.05, 3.63) is 53.1 Å². The molecule has 2 aromatic rings. The minimum absolute atomic E-state index is 0.0820. The van der Waals surface area contributed by atoms with Gasteiger partial charge in [0.1, 0.15) is 5.75 Å². The summed E-state index contributed by atoms with van der Waals surface area (Å²) in [6.45, 7) is 5.43. The molecule has 2 amide bonds. The summed E-state index contributed by atoms with van der Waals surface area (Å²) in [5.74, 6) is -1.94. The molecular weight excluding hydrogens is 361 g/mol. The van der Waals surface area contributed by atoms with E-state index in [2.05, 4.69) is 5.32 Å². The molecule has 0 aliphatic carbocycles. The van der Waals surface area contributed by atoms with E-state index in [0.29, 0.717) is 5.75 Å². The molecule has 0 aromatic heterocycles. The van der Waals surface area contributed by atoms with Gasteiger partial charge >= 0.3 is 12.1 Å². The lowest BCUT2D eigenvalue weighted by Crippen LogP contribution is -2.30. The van der Waals surface area contributed by atoms with Crippen molar-refractivity contribution in [2.45, 2.75) is 26.9 Å². The van der Waals surface area contributed by atoms with Gasteiger partial charge in [-0.1, -0.05) is 18.2 Å². The zero-order chi connectivity index (χ0) is 20.2. The van der Waals surface area contributed by atoms with Crippen molar-refractivity contribution in [2.75, 3.05) is 17.2 Å². The van der Waals surface area contributed by atoms with Crippen molar-refractivity contribution < 1.29 is 27.5 Å². The van der Waals surface area contributed by atoms with E-state index in [4.69, 9.17) is 4.74 Å². The first-order chi connectivity index (χ1) is 12.6. The summed E-state index contributed by atoms with van der Waals surface area (Å²) in [5, 5.41) is 4.25. The average Bonchev–Trinajstić information content (AvgIpc) is 2.58. The Kier molecular flexibility index (Phi) is 6.09. The minimum Gasteiger partial charge on any atom is -0.483 e. The van der Waals surface area contributed by atoms with Gasteiger partial charge in [0.25, 0.3) is 5.91 Å². The first-order valence-electron chi connectivity index (χ1n) is 8.05. The molecule has 8 heteroatoms. The quantitative estimate of drug-likeness (QED) is 0.820. The summed E-state index contributed by atoms with van der Waals surface area (Å²) in [4.78, 5) is 23.1. The highest BCUT2D eigenvalue weighted by Crippen LogP contribution is 2.26. The van der Waals surface area contributed by atoms with E-state index in [1.54, 1.807) is 5.32 Å². The lowest BCUT2D eigenvalue weighted by Gasteiger charge is -2.14. The zero-order valence-electron chi connectivity index (χ0n) is 15.0. The van der Waals surface area contributed by atoms with E-state index in [1.807, 2.05) is 32.9 Å². The molecule has 0 bridgehead atoms. The van der Waals surface area contributed by atoms with Crippen LogP contribution in [0.25, 0.3) is 0 Å². The Morgan fingerprint density at radius 2 is 1.56 bits per heavy atom. The van der Waals surface area contributed by atoms with Gasteiger partial charge in [0, 0.05) is 11.4 Å². The number of halogens is 3. The van der Waals surface area contributed by atoms with Crippen LogP contribution in [0.3, 0.4) is 0 Å². The number of carbonyl (C=O) groups is 2. The van der Waals surface area contributed by atoms with Crippen LogP contribution in [0.5, 0.6) is 5.75 Å². The van der Waals surface area contributed by atoms with E-state index in [0.717, 1.165) is 16.7 Å². The van der Waals surface area contributed by atoms with Crippen LogP contribution < -0.4 is 15.4 Å². The van der Waals surface area contributed by atoms with Crippen LogP contribution in [-0.4, -0.2) is 24.6 Å². The Bertz CT molecular complexity index is 864. The predicted octanol–water partition coefficient (Wildman–Crippen LogP) is 4.13. The third-order valence-electron chi connectivity index (χ3n) is 3.88. The van der Waals surface area contributed by atoms with Crippen LogP contribution in [0.1, 0.15) is 16.7 Å². The Morgan fingerprint density at radius 1 is 0.963 bits per heavy atom. The van der Waals surface area contributed by atoms with Crippen LogP contribution in [0.15, 0.2) is 36.4 Å². The van der Waals surface area contributed by atoms with Crippen molar-refractivity contribution in [3.8, 4) is 5.75 Å². The fourth-order valence-electron chi connectivity index (χ4n) is 2.36. The molecule has 2 N–H and O–H groups in total. The number of rotatable bonds is 5. The number of ether oxygens (including phenoxy) is 1. The molecule has 0 aliphatic rings. The summed E-state index contributed by atoms with van der Waals surface area (Å²) in [6.07, 6.45) is -4.99. The summed E-state index contributed by atoms with van der Waals surface area (Å²) in [6, 6.07) is 9.27. The monoisotopic (exact) mass is 380 g/mol. The number of anilines is 2. The average molecular weight is 380 g/mol. The smallest absolute Gasteiger partial charge is 0.471 e. The van der Waals surface area contributed by atoms with E-state index in [9.17, 15) is 22.8 Å². The standard InChI is InChI=1S/C19H19F3N2O3/c1-11-7-8-12(2)17(13(11)3)27-10-16(25)23-14-5-4-6-15(9-14)24-18(26)19(20,21)22/h4-9H,10H2,1-3H3,(H,23,25)(H,24,26). The molecule has 0 atom stereocenters. The van der Waals surface area contributed by atoms with Crippen LogP contribution >= 0.6 is 0 Å². The minimum atomic E-state index is -4.99. The predicted molar refractivity (Wildman–Crippen MR) is 95.9 cm³/mol. The van der Waals surface area contributed by atoms with E-state index in [1.165, 1.54) is 24.3 Å². The van der Waals surface area contributed by atoms with Crippen molar-refractivity contribution in [1.82, 2.24) is 0 Å². The maximum absolute atomic E-state index is 12.3. The molecular formula is C19H19F3N2O3. The third kappa shape index (κ3) is 5.47. The molecule has 0 saturated carbocycles. The summed E-state index contributed by atoms with van der Waals surface area (Å²) in [7, 11) is 0. The highest BCUT2D eigenvalue weighted by Gasteiger charge is 2.38. The molecule has 144 valence electrons. The van der Waals surface area contributed by atoms with Gasteiger partial charge in [-0.2, -0.15) is 13.2 Å². The number of nitrogens with one attached hydrogen (secondary N) is 2. The fourth-order valence-corrected chi connectivity index (χ4v) is 2.36. The highest BCUT2D eigenvalue weighted by molar-refractivity contribution is 5.96. The molecule has 0 radical (unpaired) electrons. The van der Waals surface area contributed by atoms with Crippen LogP contribution in [0.4, 0.5) is 24.5 Å². The Balaban J connectivity index is 2.00. The van der Waals surface area contributed by atoms with Crippen LogP contribution in [0.2, 0.25) is 0 Å². The highest BCUT2D eigenvalue weighted by atomic mass is 19.4. The largest absolute Gasteiger partial charge is 0.483 e. The molecule has 0 heterocycles. The van der Waals surface area contributed by atoms with Crippen molar-refractivity contribution >= 4 is 23.2 Å². The lowest BCUT2D eigenvalue weighted by atomic mass is 10.1. The number of carbonyl (C=O) groups excluding carboxylic acids is 2. The molecule has 27 heavy (non-hydrogen) atoms. The first-order valence-corrected chi connectivity index (χ1v) is 8.05. The maximum Gasteiger partial charge on any atom is 0.471 e. The SMILES string of the molecule is Cc1ccc(C)c(OCC(=O)Nc2cccc(NC(=O)C(F)(F)F)c2)c1C. The maximum atomic E-state index is 12.3. The number of amides is 2. The summed E-state index contributed by atoms with van der Waals surface area (Å²) in [5.41, 5.74) is 3.01. The van der Waals surface area contributed by atoms with E-state index in [-0.39, 0.29) is 18.0 Å². The van der Waals surface area contributed by atoms with Crippen molar-refractivity contribution in [2.24, 2.45) is 0 Å². The normalized spacial score (nSPS) is 11.0. The van der Waals surface area contributed by atoms with E-state index >= 15 is 0 Å². The topological polar surface area (TPSA) is 67.4 Å². The second-order valence-corrected chi connectivity index (χ2v) is 6.02. The fraction of sp³-hybridized carbons (Fsp3) is 0.263. The number of benzene rings is 2. The summed E-state index contributed by atoms with van der Waals surface area (Å²) < 4.78 is 42.5. The molecule has 0 fully saturated rings. The molecule has 5 nitrogen and oxygen atoms in total. The zero-order valence-corrected chi connectivity index (χ0v) is 15.0. The third-order valence-corrected chi connectivity index (χ3v) is 3.88. The van der Waals surface area contributed by atoms with Crippen LogP contribution in [0, 0.1) is 20.8 Å². The van der Waals surface area contributed by atoms with Crippen molar-refractivity contribution in [1.29, 1.82) is 0 Å². The van der Waals surface area contributed by atoms with Gasteiger partial charge in [-0.3, -0.25) is 9.59 Å². The number of alkyl halides is 3. The Morgan fingerprint density at radius 3 is 2.19 bits per heavy atom. The van der Waals surface area contributed by atoms with Gasteiger partial charge < -0.3 is 15.4 Å². The van der Waals surface area contributed by atoms with Crippen LogP contribution in [-0.2, 0) is 9.59 Å². The van der Waals surface area contributed by atoms with Gasteiger partial charge in [0.05, 0.1) is 0 Å². The molecule has 2 aromatic carbocycles. The second-order valence-electron chi connectivity index (χ2n) is 6.02. The number of hydrogen-bond acceptors (Lipinski definition) is 3. The molecule has 0 unspecified atom stereocenters. The Labute approximate surface area is 154 Å². The van der Waals surface area contributed by atoms with E-state index < -0.39 is 18.0 Å². The number of hydrogen-bond donors (Lipinski definition) is 2. The molecule has 0 spiro atoms. The van der Waals surface area contributed by atoms with Gasteiger partial charge in [-0.05, 0) is 55.7 Å². The molecule has 2 rings (SSSR count). The van der Waals surface area contributed by atoms with Crippen molar-refractivity contribution in [3.63, 3.8) is 0 Å². The first kappa shape index (κ1) is 20.3. The number of aryl methyl sites for hydroxylation is 2. The van der Waals surface area contributed by atoms with Gasteiger partial charge in [-0.15, -0.1) is 0 Å². The molecule has 0 saturated heterocycles. The Hall–Kier alpha value is -3.03. The second kappa shape index (κ2) is 8.11. The summed E-state index contributed by atoms with van der Waals surface area (Å²) >= 11 is 0. The van der Waals surface area contributed by atoms with Gasteiger partial charge in [0.15, 0.2) is 6.61 Å². The van der Waals surface area contributed by atoms with Gasteiger partial charge in [-0.25, -0.2) is 0 Å². The molecule has 0 aliphatic heterocycles. The lowest BCUT2D eigenvalue weighted by molar-refractivity contribution is -0.167. The van der Waals surface area contributed by atoms with Gasteiger partial charge in [0.2, 0.25) is 0 Å².